The van der Waals surface area contributed by atoms with Gasteiger partial charge in [0.25, 0.3) is 5.91 Å². The summed E-state index contributed by atoms with van der Waals surface area (Å²) in [6, 6.07) is 28.0. The van der Waals surface area contributed by atoms with Crippen molar-refractivity contribution >= 4 is 69.5 Å². The van der Waals surface area contributed by atoms with Crippen molar-refractivity contribution in [2.24, 2.45) is 4.99 Å². The average Bonchev–Trinajstić information content (AvgIpc) is 3.24. The number of amides is 1. The first kappa shape index (κ1) is 26.6. The zero-order valence-corrected chi connectivity index (χ0v) is 22.6. The number of ether oxygens (including phenoxy) is 1. The van der Waals surface area contributed by atoms with E-state index < -0.39 is 5.97 Å². The van der Waals surface area contributed by atoms with E-state index in [1.165, 1.54) is 23.9 Å². The quantitative estimate of drug-likeness (QED) is 0.226. The Hall–Kier alpha value is -4.04. The van der Waals surface area contributed by atoms with Crippen LogP contribution >= 0.6 is 35.0 Å². The number of carboxylic acid groups (broad SMARTS) is 1. The van der Waals surface area contributed by atoms with Crippen LogP contribution in [-0.4, -0.2) is 22.2 Å². The van der Waals surface area contributed by atoms with Crippen LogP contribution in [0.3, 0.4) is 0 Å². The fraction of sp³-hybridized carbons (Fsp3) is 0.0333. The monoisotopic (exact) mass is 574 g/mol. The van der Waals surface area contributed by atoms with Gasteiger partial charge in [0.15, 0.2) is 5.17 Å². The number of rotatable bonds is 7. The summed E-state index contributed by atoms with van der Waals surface area (Å²) in [5.74, 6) is -0.624. The third-order valence-corrected chi connectivity index (χ3v) is 7.22. The second-order valence-electron chi connectivity index (χ2n) is 8.43. The molecule has 39 heavy (non-hydrogen) atoms. The van der Waals surface area contributed by atoms with Gasteiger partial charge in [-0.1, -0.05) is 53.5 Å². The Morgan fingerprint density at radius 3 is 2.21 bits per heavy atom. The molecule has 1 N–H and O–H groups in total. The van der Waals surface area contributed by atoms with Crippen molar-refractivity contribution in [1.82, 2.24) is 0 Å². The molecule has 1 aliphatic heterocycles. The lowest BCUT2D eigenvalue weighted by Crippen LogP contribution is -2.28. The molecule has 0 saturated carbocycles. The minimum Gasteiger partial charge on any atom is -0.488 e. The third-order valence-electron chi connectivity index (χ3n) is 5.74. The van der Waals surface area contributed by atoms with Crippen molar-refractivity contribution in [2.45, 2.75) is 6.61 Å². The van der Waals surface area contributed by atoms with E-state index in [0.29, 0.717) is 37.2 Å². The maximum Gasteiger partial charge on any atom is 0.335 e. The fourth-order valence-corrected chi connectivity index (χ4v) is 5.01. The Morgan fingerprint density at radius 1 is 0.897 bits per heavy atom. The number of carbonyl (C=O) groups excluding carboxylic acids is 1. The lowest BCUT2D eigenvalue weighted by molar-refractivity contribution is -0.113. The van der Waals surface area contributed by atoms with Crippen LogP contribution in [0.15, 0.2) is 107 Å². The largest absolute Gasteiger partial charge is 0.488 e. The van der Waals surface area contributed by atoms with Crippen LogP contribution < -0.4 is 9.64 Å². The topological polar surface area (TPSA) is 79.2 Å². The standard InChI is InChI=1S/C30H20Cl2N2O4S/c31-22-9-13-24(14-10-22)33-30-34(25-15-11-23(32)12-16-25)28(35)27(39-30)17-21-3-1-2-4-26(21)38-18-19-5-7-20(8-6-19)29(36)37/h1-17H,18H2,(H,36,37)/b27-17-,33-30?. The van der Waals surface area contributed by atoms with E-state index in [0.717, 1.165) is 11.1 Å². The number of benzene rings is 4. The number of hydrogen-bond donors (Lipinski definition) is 1. The Balaban J connectivity index is 1.44. The number of thioether (sulfide) groups is 1. The van der Waals surface area contributed by atoms with Crippen LogP contribution in [-0.2, 0) is 11.4 Å². The molecule has 0 aromatic heterocycles. The van der Waals surface area contributed by atoms with E-state index >= 15 is 0 Å². The smallest absolute Gasteiger partial charge is 0.335 e. The fourth-order valence-electron chi connectivity index (χ4n) is 3.77. The first-order valence-electron chi connectivity index (χ1n) is 11.8. The highest BCUT2D eigenvalue weighted by atomic mass is 35.5. The molecular formula is C30H20Cl2N2O4S. The minimum atomic E-state index is -0.982. The maximum absolute atomic E-state index is 13.6. The first-order valence-corrected chi connectivity index (χ1v) is 13.3. The average molecular weight is 575 g/mol. The SMILES string of the molecule is O=C(O)c1ccc(COc2ccccc2/C=C2\SC(=Nc3ccc(Cl)cc3)N(c3ccc(Cl)cc3)C2=O)cc1. The Morgan fingerprint density at radius 2 is 1.54 bits per heavy atom. The number of hydrogen-bond acceptors (Lipinski definition) is 5. The molecule has 0 aliphatic carbocycles. The number of carbonyl (C=O) groups is 2. The summed E-state index contributed by atoms with van der Waals surface area (Å²) in [6.45, 7) is 0.237. The summed E-state index contributed by atoms with van der Waals surface area (Å²) in [5.41, 5.74) is 3.05. The van der Waals surface area contributed by atoms with Crippen LogP contribution in [0.4, 0.5) is 11.4 Å². The van der Waals surface area contributed by atoms with Crippen LogP contribution in [0.5, 0.6) is 5.75 Å². The molecule has 5 rings (SSSR count). The van der Waals surface area contributed by atoms with Gasteiger partial charge in [0.2, 0.25) is 0 Å². The van der Waals surface area contributed by atoms with Crippen LogP contribution in [0.25, 0.3) is 6.08 Å². The molecule has 0 radical (unpaired) electrons. The number of nitrogens with zero attached hydrogens (tertiary/aromatic N) is 2. The van der Waals surface area contributed by atoms with Gasteiger partial charge in [-0.2, -0.15) is 0 Å². The van der Waals surface area contributed by atoms with Gasteiger partial charge in [-0.15, -0.1) is 0 Å². The Kier molecular flexibility index (Phi) is 8.02. The molecule has 1 amide bonds. The molecule has 4 aromatic rings. The van der Waals surface area contributed by atoms with Crippen LogP contribution in [0.2, 0.25) is 10.0 Å². The summed E-state index contributed by atoms with van der Waals surface area (Å²) in [6.07, 6.45) is 1.78. The number of para-hydroxylation sites is 1. The zero-order chi connectivity index (χ0) is 27.4. The summed E-state index contributed by atoms with van der Waals surface area (Å²) in [4.78, 5) is 31.5. The van der Waals surface area contributed by atoms with Crippen molar-refractivity contribution < 1.29 is 19.4 Å². The number of anilines is 1. The molecule has 194 valence electrons. The van der Waals surface area contributed by atoms with Gasteiger partial charge < -0.3 is 9.84 Å². The van der Waals surface area contributed by atoms with Gasteiger partial charge in [0.05, 0.1) is 21.8 Å². The van der Waals surface area contributed by atoms with Gasteiger partial charge >= 0.3 is 5.97 Å². The third kappa shape index (κ3) is 6.34. The molecular weight excluding hydrogens is 555 g/mol. The zero-order valence-electron chi connectivity index (χ0n) is 20.3. The Labute approximate surface area is 239 Å². The molecule has 4 aromatic carbocycles. The van der Waals surface area contributed by atoms with Gasteiger partial charge in [-0.3, -0.25) is 9.69 Å². The molecule has 1 saturated heterocycles. The van der Waals surface area contributed by atoms with Crippen molar-refractivity contribution in [2.75, 3.05) is 4.90 Å². The highest BCUT2D eigenvalue weighted by Gasteiger charge is 2.35. The van der Waals surface area contributed by atoms with E-state index in [2.05, 4.69) is 0 Å². The molecule has 1 aliphatic rings. The normalized spacial score (nSPS) is 15.2. The van der Waals surface area contributed by atoms with E-state index in [9.17, 15) is 9.59 Å². The van der Waals surface area contributed by atoms with Crippen molar-refractivity contribution in [3.8, 4) is 5.75 Å². The summed E-state index contributed by atoms with van der Waals surface area (Å²) in [7, 11) is 0. The Bertz CT molecular complexity index is 1590. The van der Waals surface area contributed by atoms with E-state index in [1.54, 1.807) is 71.6 Å². The summed E-state index contributed by atoms with van der Waals surface area (Å²) in [5, 5.41) is 10.8. The van der Waals surface area contributed by atoms with Gasteiger partial charge in [0.1, 0.15) is 12.4 Å². The highest BCUT2D eigenvalue weighted by molar-refractivity contribution is 8.19. The van der Waals surface area contributed by atoms with Gasteiger partial charge in [-0.05, 0) is 90.1 Å². The number of carboxylic acids is 1. The predicted molar refractivity (Wildman–Crippen MR) is 157 cm³/mol. The van der Waals surface area contributed by atoms with Crippen LogP contribution in [0, 0.1) is 0 Å². The summed E-state index contributed by atoms with van der Waals surface area (Å²) < 4.78 is 6.04. The molecule has 0 atom stereocenters. The second-order valence-corrected chi connectivity index (χ2v) is 10.3. The number of amidine groups is 1. The number of aliphatic imine (C=N–C) groups is 1. The summed E-state index contributed by atoms with van der Waals surface area (Å²) >= 11 is 13.4. The van der Waals surface area contributed by atoms with Gasteiger partial charge in [-0.25, -0.2) is 9.79 Å². The number of aromatic carboxylic acids is 1. The minimum absolute atomic E-state index is 0.210. The first-order chi connectivity index (χ1) is 18.9. The van der Waals surface area contributed by atoms with Gasteiger partial charge in [0, 0.05) is 15.6 Å². The molecule has 6 nitrogen and oxygen atoms in total. The van der Waals surface area contributed by atoms with Crippen molar-refractivity contribution in [3.05, 3.63) is 129 Å². The predicted octanol–water partition coefficient (Wildman–Crippen LogP) is 8.08. The highest BCUT2D eigenvalue weighted by Crippen LogP contribution is 2.38. The van der Waals surface area contributed by atoms with E-state index in [1.807, 2.05) is 24.3 Å². The molecule has 1 heterocycles. The van der Waals surface area contributed by atoms with Crippen molar-refractivity contribution in [3.63, 3.8) is 0 Å². The van der Waals surface area contributed by atoms with E-state index in [-0.39, 0.29) is 18.1 Å². The second kappa shape index (κ2) is 11.8. The lowest BCUT2D eigenvalue weighted by atomic mass is 10.1. The number of halogens is 2. The molecule has 1 fully saturated rings. The maximum atomic E-state index is 13.6. The molecule has 0 unspecified atom stereocenters. The molecule has 9 heteroatoms. The van der Waals surface area contributed by atoms with E-state index in [4.69, 9.17) is 38.0 Å². The molecule has 0 spiro atoms. The van der Waals surface area contributed by atoms with Crippen LogP contribution in [0.1, 0.15) is 21.5 Å². The van der Waals surface area contributed by atoms with Crippen molar-refractivity contribution in [1.29, 1.82) is 0 Å². The lowest BCUT2D eigenvalue weighted by Gasteiger charge is -2.15. The molecule has 0 bridgehead atoms.